The quantitative estimate of drug-likeness (QED) is 0.901. The lowest BCUT2D eigenvalue weighted by Gasteiger charge is -2.26. The van der Waals surface area contributed by atoms with Crippen molar-refractivity contribution in [3.05, 3.63) is 65.5 Å². The molecule has 108 valence electrons. The number of carbonyl (C=O) groups is 2. The third-order valence-corrected chi connectivity index (χ3v) is 3.30. The van der Waals surface area contributed by atoms with Crippen LogP contribution in [-0.4, -0.2) is 22.0 Å². The van der Waals surface area contributed by atoms with E-state index >= 15 is 0 Å². The van der Waals surface area contributed by atoms with Crippen LogP contribution in [0.5, 0.6) is 0 Å². The molecule has 0 aliphatic carbocycles. The molecule has 0 bridgehead atoms. The molecule has 0 fully saturated rings. The maximum atomic E-state index is 12.3. The van der Waals surface area contributed by atoms with Crippen molar-refractivity contribution in [2.45, 2.75) is 19.4 Å². The van der Waals surface area contributed by atoms with Gasteiger partial charge in [-0.2, -0.15) is 0 Å². The molecule has 1 atom stereocenters. The van der Waals surface area contributed by atoms with E-state index in [9.17, 15) is 14.7 Å². The van der Waals surface area contributed by atoms with Crippen molar-refractivity contribution in [2.24, 2.45) is 0 Å². The van der Waals surface area contributed by atoms with Gasteiger partial charge >= 0.3 is 5.97 Å². The number of aromatic nitrogens is 1. The Morgan fingerprint density at radius 1 is 1.19 bits per heavy atom. The monoisotopic (exact) mass is 284 g/mol. The van der Waals surface area contributed by atoms with E-state index < -0.39 is 17.4 Å². The molecule has 0 radical (unpaired) electrons. The van der Waals surface area contributed by atoms with Crippen LogP contribution in [0.1, 0.15) is 28.5 Å². The number of aliphatic carboxylic acids is 1. The number of hydrogen-bond acceptors (Lipinski definition) is 3. The molecule has 1 aromatic carbocycles. The van der Waals surface area contributed by atoms with E-state index in [4.69, 9.17) is 0 Å². The Kier molecular flexibility index (Phi) is 4.03. The first-order valence-electron chi connectivity index (χ1n) is 6.47. The molecule has 5 heteroatoms. The third-order valence-electron chi connectivity index (χ3n) is 3.30. The number of benzene rings is 1. The number of rotatable bonds is 4. The van der Waals surface area contributed by atoms with Crippen LogP contribution in [0.3, 0.4) is 0 Å². The fourth-order valence-corrected chi connectivity index (χ4v) is 2.01. The minimum absolute atomic E-state index is 0.380. The maximum absolute atomic E-state index is 12.3. The van der Waals surface area contributed by atoms with Gasteiger partial charge in [0.1, 0.15) is 0 Å². The average molecular weight is 284 g/mol. The minimum Gasteiger partial charge on any atom is -0.479 e. The van der Waals surface area contributed by atoms with E-state index in [1.165, 1.54) is 13.1 Å². The van der Waals surface area contributed by atoms with Gasteiger partial charge < -0.3 is 10.4 Å². The molecule has 21 heavy (non-hydrogen) atoms. The Hall–Kier alpha value is -2.69. The van der Waals surface area contributed by atoms with Gasteiger partial charge in [0, 0.05) is 17.5 Å². The van der Waals surface area contributed by atoms with Crippen molar-refractivity contribution >= 4 is 11.9 Å². The molecule has 1 heterocycles. The van der Waals surface area contributed by atoms with Gasteiger partial charge in [0.25, 0.3) is 5.91 Å². The Balaban J connectivity index is 2.33. The predicted molar refractivity (Wildman–Crippen MR) is 77.9 cm³/mol. The molecule has 0 spiro atoms. The lowest BCUT2D eigenvalue weighted by Crippen LogP contribution is -2.49. The smallest absolute Gasteiger partial charge is 0.333 e. The summed E-state index contributed by atoms with van der Waals surface area (Å²) >= 11 is 0. The summed E-state index contributed by atoms with van der Waals surface area (Å²) in [7, 11) is 0. The third kappa shape index (κ3) is 3.08. The first-order chi connectivity index (χ1) is 9.93. The highest BCUT2D eigenvalue weighted by atomic mass is 16.4. The van der Waals surface area contributed by atoms with Gasteiger partial charge in [0.05, 0.1) is 0 Å². The van der Waals surface area contributed by atoms with Gasteiger partial charge in [-0.15, -0.1) is 0 Å². The number of pyridine rings is 1. The average Bonchev–Trinajstić information content (AvgIpc) is 2.47. The van der Waals surface area contributed by atoms with E-state index in [1.54, 1.807) is 49.4 Å². The largest absolute Gasteiger partial charge is 0.479 e. The zero-order chi connectivity index (χ0) is 15.5. The number of carbonyl (C=O) groups excluding carboxylic acids is 1. The highest BCUT2D eigenvalue weighted by Gasteiger charge is 2.37. The van der Waals surface area contributed by atoms with Crippen LogP contribution in [0, 0.1) is 6.92 Å². The lowest BCUT2D eigenvalue weighted by atomic mass is 9.91. The first-order valence-corrected chi connectivity index (χ1v) is 6.47. The van der Waals surface area contributed by atoms with E-state index in [0.29, 0.717) is 16.8 Å². The van der Waals surface area contributed by atoms with E-state index in [0.717, 1.165) is 0 Å². The van der Waals surface area contributed by atoms with E-state index in [2.05, 4.69) is 10.3 Å². The highest BCUT2D eigenvalue weighted by Crippen LogP contribution is 2.21. The molecule has 1 unspecified atom stereocenters. The molecule has 0 aliphatic heterocycles. The van der Waals surface area contributed by atoms with Crippen molar-refractivity contribution in [2.75, 3.05) is 0 Å². The number of hydrogen-bond donors (Lipinski definition) is 2. The van der Waals surface area contributed by atoms with Gasteiger partial charge in [0.2, 0.25) is 0 Å². The summed E-state index contributed by atoms with van der Waals surface area (Å²) in [6.45, 7) is 3.24. The van der Waals surface area contributed by atoms with Crippen LogP contribution in [0.25, 0.3) is 0 Å². The van der Waals surface area contributed by atoms with Crippen molar-refractivity contribution in [3.63, 3.8) is 0 Å². The standard InChI is InChI=1S/C16H16N2O3/c1-11-10-12(8-9-17-11)14(19)18-16(2,15(20)21)13-6-4-3-5-7-13/h3-10H,1-2H3,(H,18,19)(H,20,21). The number of nitrogens with zero attached hydrogens (tertiary/aromatic N) is 1. The second kappa shape index (κ2) is 5.75. The van der Waals surface area contributed by atoms with Gasteiger partial charge in [-0.3, -0.25) is 9.78 Å². The summed E-state index contributed by atoms with van der Waals surface area (Å²) in [6.07, 6.45) is 1.52. The molecule has 2 rings (SSSR count). The lowest BCUT2D eigenvalue weighted by molar-refractivity contribution is -0.144. The van der Waals surface area contributed by atoms with Crippen molar-refractivity contribution in [1.29, 1.82) is 0 Å². The molecule has 2 aromatic rings. The molecule has 5 nitrogen and oxygen atoms in total. The second-order valence-corrected chi connectivity index (χ2v) is 4.94. The van der Waals surface area contributed by atoms with Crippen LogP contribution >= 0.6 is 0 Å². The first kappa shape index (κ1) is 14.7. The zero-order valence-corrected chi connectivity index (χ0v) is 11.8. The maximum Gasteiger partial charge on any atom is 0.333 e. The van der Waals surface area contributed by atoms with E-state index in [-0.39, 0.29) is 0 Å². The van der Waals surface area contributed by atoms with Gasteiger partial charge in [-0.25, -0.2) is 4.79 Å². The number of amides is 1. The highest BCUT2D eigenvalue weighted by molar-refractivity contribution is 5.98. The van der Waals surface area contributed by atoms with Crippen LogP contribution in [0.15, 0.2) is 48.7 Å². The minimum atomic E-state index is -1.49. The van der Waals surface area contributed by atoms with Crippen molar-refractivity contribution in [3.8, 4) is 0 Å². The molecular formula is C16H16N2O3. The van der Waals surface area contributed by atoms with Crippen molar-refractivity contribution < 1.29 is 14.7 Å². The van der Waals surface area contributed by atoms with Gasteiger partial charge in [0.15, 0.2) is 5.54 Å². The molecule has 0 saturated carbocycles. The Morgan fingerprint density at radius 2 is 1.86 bits per heavy atom. The van der Waals surface area contributed by atoms with Gasteiger partial charge in [-0.1, -0.05) is 30.3 Å². The SMILES string of the molecule is Cc1cc(C(=O)NC(C)(C(=O)O)c2ccccc2)ccn1. The summed E-state index contributed by atoms with van der Waals surface area (Å²) in [5.74, 6) is -1.57. The fraction of sp³-hybridized carbons (Fsp3) is 0.188. The zero-order valence-electron chi connectivity index (χ0n) is 11.8. The number of aryl methyl sites for hydroxylation is 1. The normalized spacial score (nSPS) is 13.2. The van der Waals surface area contributed by atoms with Crippen LogP contribution in [0.2, 0.25) is 0 Å². The molecule has 2 N–H and O–H groups in total. The second-order valence-electron chi connectivity index (χ2n) is 4.94. The summed E-state index contributed by atoms with van der Waals surface area (Å²) in [6, 6.07) is 11.8. The molecular weight excluding hydrogens is 268 g/mol. The van der Waals surface area contributed by atoms with Crippen LogP contribution in [-0.2, 0) is 10.3 Å². The Bertz CT molecular complexity index is 670. The summed E-state index contributed by atoms with van der Waals surface area (Å²) in [4.78, 5) is 27.9. The summed E-state index contributed by atoms with van der Waals surface area (Å²) in [5.41, 5.74) is 0.0946. The summed E-state index contributed by atoms with van der Waals surface area (Å²) < 4.78 is 0. The fourth-order valence-electron chi connectivity index (χ4n) is 2.01. The van der Waals surface area contributed by atoms with Gasteiger partial charge in [-0.05, 0) is 31.5 Å². The summed E-state index contributed by atoms with van der Waals surface area (Å²) in [5, 5.41) is 12.1. The molecule has 0 aliphatic rings. The predicted octanol–water partition coefficient (Wildman–Crippen LogP) is 2.12. The topological polar surface area (TPSA) is 79.3 Å². The number of carboxylic acid groups (broad SMARTS) is 1. The van der Waals surface area contributed by atoms with Crippen LogP contribution in [0.4, 0.5) is 0 Å². The molecule has 0 saturated heterocycles. The van der Waals surface area contributed by atoms with Crippen LogP contribution < -0.4 is 5.32 Å². The van der Waals surface area contributed by atoms with Crippen molar-refractivity contribution in [1.82, 2.24) is 10.3 Å². The molecule has 1 amide bonds. The Morgan fingerprint density at radius 3 is 2.43 bits per heavy atom. The Labute approximate surface area is 122 Å². The van der Waals surface area contributed by atoms with E-state index in [1.807, 2.05) is 0 Å². The number of nitrogens with one attached hydrogen (secondary N) is 1. The number of carboxylic acids is 1. The molecule has 1 aromatic heterocycles.